The number of hydrogen-bond donors (Lipinski definition) is 11. The zero-order valence-electron chi connectivity index (χ0n) is 48.3. The molecule has 6 amide bonds. The second-order valence-electron chi connectivity index (χ2n) is 20.3. The third-order valence-corrected chi connectivity index (χ3v) is 19.5. The molecule has 0 fully saturated rings. The molecule has 0 aromatic carbocycles. The van der Waals surface area contributed by atoms with Crippen molar-refractivity contribution in [1.82, 2.24) is 56.5 Å². The Morgan fingerprint density at radius 3 is 1.10 bits per heavy atom. The highest BCUT2D eigenvalue weighted by atomic mass is 32.1. The summed E-state index contributed by atoms with van der Waals surface area (Å²) in [5.74, 6) is -2.89. The Morgan fingerprint density at radius 1 is 0.386 bits per heavy atom. The van der Waals surface area contributed by atoms with E-state index in [2.05, 4.69) is 36.6 Å². The molecule has 6 rings (SSSR count). The summed E-state index contributed by atoms with van der Waals surface area (Å²) in [5, 5.41) is 19.2. The van der Waals surface area contributed by atoms with Crippen LogP contribution >= 0.6 is 68.0 Å². The maximum atomic E-state index is 14.7. The van der Waals surface area contributed by atoms with Crippen molar-refractivity contribution in [1.29, 1.82) is 0 Å². The first-order chi connectivity index (χ1) is 39.6. The molecule has 452 valence electrons. The molecule has 0 saturated heterocycles. The number of carbonyl (C=O) groups excluding carboxylic acids is 6. The van der Waals surface area contributed by atoms with Crippen LogP contribution in [0.25, 0.3) is 0 Å². The summed E-state index contributed by atoms with van der Waals surface area (Å²) in [7, 11) is 0. The van der Waals surface area contributed by atoms with Gasteiger partial charge < -0.3 is 61.0 Å². The van der Waals surface area contributed by atoms with Crippen LogP contribution in [-0.4, -0.2) is 91.5 Å². The van der Waals surface area contributed by atoms with Crippen LogP contribution in [0.3, 0.4) is 0 Å². The Labute approximate surface area is 508 Å². The van der Waals surface area contributed by atoms with Crippen LogP contribution in [0, 0.1) is 27.7 Å². The number of primary amides is 1. The van der Waals surface area contributed by atoms with E-state index in [9.17, 15) is 28.8 Å². The SMILES string of the molecule is Cc1nc([C@H](C)NC(=O)c2sc(CCCCN)nc2[C@H](C)NC(=O)c2sc(C)nc2[C@H](CCCCN)NC(=O)c2sc(C)nc2[C@H](C)NC(=O)c2sc(CCCCN)nc2[C@H](C)NC(=O)c2sc(C)nc2[C@@H](N)CCCCN)c(C(N)=O)s1. The summed E-state index contributed by atoms with van der Waals surface area (Å²) >= 11 is 7.21. The molecule has 0 aliphatic heterocycles. The number of nitrogens with two attached hydrogens (primary N) is 6. The third-order valence-electron chi connectivity index (χ3n) is 13.3. The highest BCUT2D eigenvalue weighted by molar-refractivity contribution is 7.15. The molecule has 83 heavy (non-hydrogen) atoms. The molecule has 0 bridgehead atoms. The van der Waals surface area contributed by atoms with Crippen LogP contribution in [0.1, 0.15) is 250 Å². The van der Waals surface area contributed by atoms with Crippen molar-refractivity contribution >= 4 is 103 Å². The topological polar surface area (TPSA) is 396 Å². The molecule has 6 heterocycles. The number of hydrogen-bond acceptors (Lipinski definition) is 23. The van der Waals surface area contributed by atoms with Gasteiger partial charge in [0, 0.05) is 6.04 Å². The van der Waals surface area contributed by atoms with Gasteiger partial charge in [0.05, 0.1) is 94.4 Å². The molecule has 29 heteroatoms. The lowest BCUT2D eigenvalue weighted by atomic mass is 10.0. The number of carbonyl (C=O) groups is 6. The smallest absolute Gasteiger partial charge is 0.263 e. The van der Waals surface area contributed by atoms with Crippen LogP contribution in [0.4, 0.5) is 0 Å². The van der Waals surface area contributed by atoms with Crippen LogP contribution in [0.15, 0.2) is 0 Å². The van der Waals surface area contributed by atoms with Crippen molar-refractivity contribution < 1.29 is 28.8 Å². The number of rotatable bonds is 33. The Bertz CT molecular complexity index is 3200. The van der Waals surface area contributed by atoms with Gasteiger partial charge in [-0.2, -0.15) is 0 Å². The van der Waals surface area contributed by atoms with Crippen molar-refractivity contribution in [2.24, 2.45) is 34.4 Å². The first-order valence-electron chi connectivity index (χ1n) is 27.9. The second-order valence-corrected chi connectivity index (χ2v) is 27.3. The van der Waals surface area contributed by atoms with Crippen LogP contribution in [-0.2, 0) is 12.8 Å². The molecule has 6 aromatic heterocycles. The second kappa shape index (κ2) is 31.5. The van der Waals surface area contributed by atoms with Crippen LogP contribution in [0.5, 0.6) is 0 Å². The van der Waals surface area contributed by atoms with E-state index in [-0.39, 0.29) is 25.4 Å². The maximum absolute atomic E-state index is 14.7. The van der Waals surface area contributed by atoms with Gasteiger partial charge in [0.2, 0.25) is 0 Å². The van der Waals surface area contributed by atoms with E-state index in [4.69, 9.17) is 54.3 Å². The molecular formula is C54H79N17O6S6. The molecule has 0 radical (unpaired) electrons. The molecule has 0 spiro atoms. The molecule has 0 saturated carbocycles. The lowest BCUT2D eigenvalue weighted by Gasteiger charge is -2.20. The monoisotopic (exact) mass is 1250 g/mol. The normalized spacial score (nSPS) is 13.7. The van der Waals surface area contributed by atoms with Gasteiger partial charge in [0.25, 0.3) is 35.4 Å². The Kier molecular flexibility index (Phi) is 25.3. The number of aryl methyl sites for hydroxylation is 6. The van der Waals surface area contributed by atoms with E-state index in [0.29, 0.717) is 139 Å². The van der Waals surface area contributed by atoms with E-state index < -0.39 is 65.8 Å². The zero-order chi connectivity index (χ0) is 60.7. The third kappa shape index (κ3) is 17.7. The van der Waals surface area contributed by atoms with Gasteiger partial charge in [0.1, 0.15) is 29.3 Å². The van der Waals surface area contributed by atoms with E-state index in [1.165, 1.54) is 56.7 Å². The molecule has 0 aliphatic carbocycles. The quantitative estimate of drug-likeness (QED) is 0.0184. The van der Waals surface area contributed by atoms with Crippen LogP contribution in [0.2, 0.25) is 0 Å². The van der Waals surface area contributed by atoms with Gasteiger partial charge in [-0.05, 0) is 152 Å². The first-order valence-corrected chi connectivity index (χ1v) is 32.8. The average molecular weight is 1250 g/mol. The fourth-order valence-corrected chi connectivity index (χ4v) is 15.0. The largest absolute Gasteiger partial charge is 0.365 e. The van der Waals surface area contributed by atoms with E-state index >= 15 is 0 Å². The zero-order valence-corrected chi connectivity index (χ0v) is 53.2. The van der Waals surface area contributed by atoms with Crippen molar-refractivity contribution in [3.63, 3.8) is 0 Å². The molecule has 6 atom stereocenters. The molecule has 0 unspecified atom stereocenters. The maximum Gasteiger partial charge on any atom is 0.263 e. The molecule has 6 aromatic rings. The van der Waals surface area contributed by atoms with E-state index in [1.807, 2.05) is 6.92 Å². The van der Waals surface area contributed by atoms with Crippen LogP contribution < -0.4 is 61.0 Å². The number of amides is 6. The minimum atomic E-state index is -0.775. The average Bonchev–Trinajstić information content (AvgIpc) is 4.45. The first kappa shape index (κ1) is 66.5. The summed E-state index contributed by atoms with van der Waals surface area (Å²) in [5.41, 5.74) is 37.8. The lowest BCUT2D eigenvalue weighted by molar-refractivity contribution is 0.0913. The Balaban J connectivity index is 1.22. The van der Waals surface area contributed by atoms with Gasteiger partial charge >= 0.3 is 0 Å². The van der Waals surface area contributed by atoms with Gasteiger partial charge in [-0.1, -0.05) is 6.42 Å². The summed E-state index contributed by atoms with van der Waals surface area (Å²) < 4.78 is 0. The van der Waals surface area contributed by atoms with Crippen molar-refractivity contribution in [3.05, 3.63) is 93.5 Å². The number of aromatic nitrogens is 6. The molecule has 23 nitrogen and oxygen atoms in total. The molecular weight excluding hydrogens is 1180 g/mol. The minimum Gasteiger partial charge on any atom is -0.365 e. The highest BCUT2D eigenvalue weighted by Gasteiger charge is 2.34. The van der Waals surface area contributed by atoms with E-state index in [0.717, 1.165) is 49.9 Å². The summed E-state index contributed by atoms with van der Waals surface area (Å²) in [6.07, 6.45) is 8.02. The molecule has 0 aliphatic rings. The van der Waals surface area contributed by atoms with Gasteiger partial charge in [0.15, 0.2) is 0 Å². The molecule has 17 N–H and O–H groups in total. The highest BCUT2D eigenvalue weighted by Crippen LogP contribution is 2.34. The number of thiazole rings is 6. The summed E-state index contributed by atoms with van der Waals surface area (Å²) in [4.78, 5) is 114. The summed E-state index contributed by atoms with van der Waals surface area (Å²) in [6, 6.07) is -4.12. The Hall–Kier alpha value is -5.60. The van der Waals surface area contributed by atoms with Crippen molar-refractivity contribution in [2.75, 3.05) is 26.2 Å². The van der Waals surface area contributed by atoms with Crippen molar-refractivity contribution in [2.45, 2.75) is 169 Å². The number of unbranched alkanes of at least 4 members (excludes halogenated alkanes) is 4. The number of nitrogens with zero attached hydrogens (tertiary/aromatic N) is 6. The Morgan fingerprint density at radius 2 is 0.687 bits per heavy atom. The summed E-state index contributed by atoms with van der Waals surface area (Å²) in [6.45, 7) is 16.1. The standard InChI is InChI=1S/C54H79N17O6S6/c1-25(37-43(49(60)72)78-29(5)65-37)61-50(73)45-40(71-36(82-45)20-12-16-24-58)28(4)64-53(76)48-42(68-32(8)81-48)34(18-10-14-22-56)69-54(77)44-38(66-30(6)79-44)26(2)62-51(74)46-39(70-35(83-46)19-11-15-23-57)27(3)63-52(75)47-41(67-31(7)80-47)33(59)17-9-13-21-55/h25-28,33-34H,9-24,55-59H2,1-8H3,(H2,60,72)(H,61,73)(H,62,74)(H,63,75)(H,64,76)(H,69,77)/t25-,26-,27-,28-,33-,34-/m0/s1. The minimum absolute atomic E-state index is 0.257. The van der Waals surface area contributed by atoms with E-state index in [1.54, 1.807) is 48.5 Å². The van der Waals surface area contributed by atoms with Gasteiger partial charge in [-0.3, -0.25) is 28.8 Å². The van der Waals surface area contributed by atoms with Gasteiger partial charge in [-0.25, -0.2) is 29.9 Å². The predicted octanol–water partition coefficient (Wildman–Crippen LogP) is 7.01. The predicted molar refractivity (Wildman–Crippen MR) is 331 cm³/mol. The van der Waals surface area contributed by atoms with Gasteiger partial charge in [-0.15, -0.1) is 68.0 Å². The van der Waals surface area contributed by atoms with Crippen molar-refractivity contribution in [3.8, 4) is 0 Å². The fourth-order valence-electron chi connectivity index (χ4n) is 9.20. The lowest BCUT2D eigenvalue weighted by Crippen LogP contribution is -2.34. The number of nitrogens with one attached hydrogen (secondary N) is 5. The fraction of sp³-hybridized carbons (Fsp3) is 0.556.